The maximum atomic E-state index is 6.29. The van der Waals surface area contributed by atoms with Crippen LogP contribution in [0.2, 0.25) is 0 Å². The van der Waals surface area contributed by atoms with Crippen molar-refractivity contribution in [1.29, 1.82) is 0 Å². The number of para-hydroxylation sites is 1. The van der Waals surface area contributed by atoms with Crippen LogP contribution in [0.4, 0.5) is 0 Å². The molecule has 4 rings (SSSR count). The summed E-state index contributed by atoms with van der Waals surface area (Å²) in [7, 11) is 0. The van der Waals surface area contributed by atoms with Crippen LogP contribution in [0.25, 0.3) is 0 Å². The first kappa shape index (κ1) is 13.4. The number of fused-ring (bicyclic) bond motifs is 3. The summed E-state index contributed by atoms with van der Waals surface area (Å²) < 4.78 is 6.29. The van der Waals surface area contributed by atoms with Crippen LogP contribution in [0.15, 0.2) is 59.7 Å². The molecule has 0 saturated heterocycles. The van der Waals surface area contributed by atoms with Gasteiger partial charge in [0.25, 0.3) is 0 Å². The second kappa shape index (κ2) is 4.87. The van der Waals surface area contributed by atoms with Gasteiger partial charge in [-0.2, -0.15) is 5.10 Å². The van der Waals surface area contributed by atoms with Crippen molar-refractivity contribution in [3.05, 3.63) is 65.7 Å². The Morgan fingerprint density at radius 1 is 1.14 bits per heavy atom. The van der Waals surface area contributed by atoms with Gasteiger partial charge in [-0.25, -0.2) is 5.01 Å². The smallest absolute Gasteiger partial charge is 0.195 e. The Kier molecular flexibility index (Phi) is 2.96. The molecule has 0 radical (unpaired) electrons. The lowest BCUT2D eigenvalue weighted by Gasteiger charge is -2.45. The first-order valence-corrected chi connectivity index (χ1v) is 7.91. The Morgan fingerprint density at radius 2 is 1.86 bits per heavy atom. The fourth-order valence-corrected chi connectivity index (χ4v) is 3.36. The Labute approximate surface area is 131 Å². The molecule has 0 amide bonds. The third kappa shape index (κ3) is 1.92. The highest BCUT2D eigenvalue weighted by Crippen LogP contribution is 2.47. The van der Waals surface area contributed by atoms with Crippen LogP contribution in [0.1, 0.15) is 43.9 Å². The Morgan fingerprint density at radius 3 is 2.64 bits per heavy atom. The lowest BCUT2D eigenvalue weighted by molar-refractivity contribution is -0.108. The normalized spacial score (nSPS) is 26.0. The predicted octanol–water partition coefficient (Wildman–Crippen LogP) is 4.36. The third-order valence-corrected chi connectivity index (χ3v) is 4.77. The number of ether oxygens (including phenoxy) is 1. The average Bonchev–Trinajstić information content (AvgIpc) is 3.02. The average molecular weight is 292 g/mol. The van der Waals surface area contributed by atoms with Gasteiger partial charge in [-0.1, -0.05) is 55.5 Å². The molecule has 2 aromatic carbocycles. The molecule has 0 fully saturated rings. The first-order valence-electron chi connectivity index (χ1n) is 7.91. The van der Waals surface area contributed by atoms with Crippen molar-refractivity contribution in [2.75, 3.05) is 0 Å². The van der Waals surface area contributed by atoms with E-state index in [9.17, 15) is 0 Å². The largest absolute Gasteiger partial charge is 0.466 e. The third-order valence-electron chi connectivity index (χ3n) is 4.77. The fraction of sp³-hybridized carbons (Fsp3) is 0.316. The van der Waals surface area contributed by atoms with Crippen LogP contribution < -0.4 is 4.74 Å². The molecule has 0 aliphatic carbocycles. The van der Waals surface area contributed by atoms with E-state index >= 15 is 0 Å². The SMILES string of the molecule is CC[C@]1(C)Oc2ccccc2[C@H]2CC(c3ccccc3)=NN21. The molecule has 0 saturated carbocycles. The minimum atomic E-state index is -0.379. The zero-order chi connectivity index (χ0) is 15.2. The number of benzene rings is 2. The summed E-state index contributed by atoms with van der Waals surface area (Å²) in [5, 5.41) is 7.09. The minimum Gasteiger partial charge on any atom is -0.466 e. The second-order valence-electron chi connectivity index (χ2n) is 6.15. The van der Waals surface area contributed by atoms with Gasteiger partial charge in [-0.3, -0.25) is 0 Å². The topological polar surface area (TPSA) is 24.8 Å². The minimum absolute atomic E-state index is 0.269. The number of hydrogen-bond donors (Lipinski definition) is 0. The first-order chi connectivity index (χ1) is 10.7. The van der Waals surface area contributed by atoms with E-state index in [0.717, 1.165) is 24.3 Å². The molecule has 2 aliphatic heterocycles. The molecule has 2 aromatic rings. The van der Waals surface area contributed by atoms with E-state index in [1.54, 1.807) is 0 Å². The zero-order valence-corrected chi connectivity index (χ0v) is 13.0. The molecule has 0 bridgehead atoms. The van der Waals surface area contributed by atoms with Crippen LogP contribution >= 0.6 is 0 Å². The highest BCUT2D eigenvalue weighted by Gasteiger charge is 2.46. The summed E-state index contributed by atoms with van der Waals surface area (Å²) >= 11 is 0. The fourth-order valence-electron chi connectivity index (χ4n) is 3.36. The highest BCUT2D eigenvalue weighted by molar-refractivity contribution is 6.01. The molecular weight excluding hydrogens is 272 g/mol. The molecule has 0 unspecified atom stereocenters. The van der Waals surface area contributed by atoms with E-state index in [1.165, 1.54) is 11.1 Å². The summed E-state index contributed by atoms with van der Waals surface area (Å²) in [6.45, 7) is 4.29. The summed E-state index contributed by atoms with van der Waals surface area (Å²) in [6.07, 6.45) is 1.82. The summed E-state index contributed by atoms with van der Waals surface area (Å²) in [6, 6.07) is 19.1. The molecule has 0 spiro atoms. The lowest BCUT2D eigenvalue weighted by atomic mass is 9.94. The van der Waals surface area contributed by atoms with Gasteiger partial charge < -0.3 is 4.74 Å². The Bertz CT molecular complexity index is 725. The van der Waals surface area contributed by atoms with Crippen molar-refractivity contribution in [3.8, 4) is 5.75 Å². The van der Waals surface area contributed by atoms with Crippen molar-refractivity contribution in [3.63, 3.8) is 0 Å². The molecule has 2 heterocycles. The molecule has 0 N–H and O–H groups in total. The number of hydrogen-bond acceptors (Lipinski definition) is 3. The summed E-state index contributed by atoms with van der Waals surface area (Å²) in [5.74, 6) is 0.998. The van der Waals surface area contributed by atoms with Crippen molar-refractivity contribution < 1.29 is 4.74 Å². The quantitative estimate of drug-likeness (QED) is 0.821. The van der Waals surface area contributed by atoms with Gasteiger partial charge in [0.05, 0.1) is 11.8 Å². The van der Waals surface area contributed by atoms with E-state index in [1.807, 2.05) is 12.1 Å². The molecule has 3 nitrogen and oxygen atoms in total. The van der Waals surface area contributed by atoms with Gasteiger partial charge in [0.15, 0.2) is 5.72 Å². The monoisotopic (exact) mass is 292 g/mol. The number of hydrazone groups is 1. The molecule has 2 atom stereocenters. The molecule has 0 aromatic heterocycles. The molecule has 3 heteroatoms. The maximum Gasteiger partial charge on any atom is 0.195 e. The van der Waals surface area contributed by atoms with E-state index in [-0.39, 0.29) is 11.8 Å². The van der Waals surface area contributed by atoms with E-state index in [0.29, 0.717) is 0 Å². The molecule has 112 valence electrons. The molecule has 2 aliphatic rings. The number of nitrogens with zero attached hydrogens (tertiary/aromatic N) is 2. The van der Waals surface area contributed by atoms with Gasteiger partial charge in [0.2, 0.25) is 0 Å². The van der Waals surface area contributed by atoms with Gasteiger partial charge in [0, 0.05) is 18.4 Å². The summed E-state index contributed by atoms with van der Waals surface area (Å²) in [5.41, 5.74) is 3.21. The second-order valence-corrected chi connectivity index (χ2v) is 6.15. The van der Waals surface area contributed by atoms with E-state index < -0.39 is 0 Å². The van der Waals surface area contributed by atoms with E-state index in [4.69, 9.17) is 9.84 Å². The van der Waals surface area contributed by atoms with Crippen LogP contribution in [-0.4, -0.2) is 16.4 Å². The standard InChI is InChI=1S/C19H20N2O/c1-3-19(2)21-17(15-11-7-8-12-18(15)22-19)13-16(20-21)14-9-5-4-6-10-14/h4-12,17H,3,13H2,1-2H3/t17-,19+/m1/s1. The van der Waals surface area contributed by atoms with Gasteiger partial charge >= 0.3 is 0 Å². The zero-order valence-electron chi connectivity index (χ0n) is 13.0. The maximum absolute atomic E-state index is 6.29. The van der Waals surface area contributed by atoms with Crippen LogP contribution in [0.3, 0.4) is 0 Å². The van der Waals surface area contributed by atoms with Crippen molar-refractivity contribution in [2.24, 2.45) is 5.10 Å². The van der Waals surface area contributed by atoms with Crippen LogP contribution in [-0.2, 0) is 0 Å². The number of rotatable bonds is 2. The summed E-state index contributed by atoms with van der Waals surface area (Å²) in [4.78, 5) is 0. The lowest BCUT2D eigenvalue weighted by Crippen LogP contribution is -2.50. The Hall–Kier alpha value is -2.29. The van der Waals surface area contributed by atoms with E-state index in [2.05, 4.69) is 61.3 Å². The Balaban J connectivity index is 1.79. The van der Waals surface area contributed by atoms with Crippen LogP contribution in [0, 0.1) is 0 Å². The van der Waals surface area contributed by atoms with Gasteiger partial charge in [-0.15, -0.1) is 0 Å². The molecule has 22 heavy (non-hydrogen) atoms. The highest BCUT2D eigenvalue weighted by atomic mass is 16.5. The van der Waals surface area contributed by atoms with Gasteiger partial charge in [-0.05, 0) is 18.6 Å². The van der Waals surface area contributed by atoms with Gasteiger partial charge in [0.1, 0.15) is 5.75 Å². The van der Waals surface area contributed by atoms with Crippen molar-refractivity contribution in [1.82, 2.24) is 5.01 Å². The van der Waals surface area contributed by atoms with Crippen molar-refractivity contribution >= 4 is 5.71 Å². The van der Waals surface area contributed by atoms with Crippen LogP contribution in [0.5, 0.6) is 5.75 Å². The molecular formula is C19H20N2O. The van der Waals surface area contributed by atoms with Crippen molar-refractivity contribution in [2.45, 2.75) is 38.5 Å². The predicted molar refractivity (Wildman–Crippen MR) is 87.9 cm³/mol.